The monoisotopic (exact) mass is 443 g/mol. The van der Waals surface area contributed by atoms with E-state index in [1.807, 2.05) is 0 Å². The third-order valence-corrected chi connectivity index (χ3v) is 5.46. The Labute approximate surface area is 169 Å². The van der Waals surface area contributed by atoms with Crippen LogP contribution in [0.25, 0.3) is 0 Å². The maximum atomic E-state index is 12.7. The van der Waals surface area contributed by atoms with E-state index in [1.54, 1.807) is 24.3 Å². The van der Waals surface area contributed by atoms with Crippen molar-refractivity contribution in [1.29, 1.82) is 0 Å². The van der Waals surface area contributed by atoms with E-state index < -0.39 is 27.5 Å². The number of para-hydroxylation sites is 1. The van der Waals surface area contributed by atoms with E-state index in [4.69, 9.17) is 16.3 Å². The molecule has 152 valence electrons. The molecule has 0 amide bonds. The average molecular weight is 444 g/mol. The van der Waals surface area contributed by atoms with E-state index in [1.165, 1.54) is 24.3 Å². The molecule has 0 radical (unpaired) electrons. The number of phenols is 1. The first-order valence-corrected chi connectivity index (χ1v) is 9.88. The van der Waals surface area contributed by atoms with Crippen LogP contribution in [-0.4, -0.2) is 13.5 Å². The van der Waals surface area contributed by atoms with Crippen molar-refractivity contribution in [3.63, 3.8) is 0 Å². The van der Waals surface area contributed by atoms with Crippen molar-refractivity contribution >= 4 is 27.3 Å². The number of alkyl halides is 3. The van der Waals surface area contributed by atoms with E-state index in [0.717, 1.165) is 6.07 Å². The predicted molar refractivity (Wildman–Crippen MR) is 102 cm³/mol. The lowest BCUT2D eigenvalue weighted by Gasteiger charge is -2.12. The van der Waals surface area contributed by atoms with Crippen LogP contribution in [-0.2, 0) is 16.2 Å². The van der Waals surface area contributed by atoms with Gasteiger partial charge in [-0.2, -0.15) is 13.2 Å². The fourth-order valence-corrected chi connectivity index (χ4v) is 3.61. The van der Waals surface area contributed by atoms with Gasteiger partial charge < -0.3 is 9.84 Å². The van der Waals surface area contributed by atoms with E-state index in [0.29, 0.717) is 28.7 Å². The molecule has 0 saturated carbocycles. The summed E-state index contributed by atoms with van der Waals surface area (Å²) < 4.78 is 70.6. The van der Waals surface area contributed by atoms with Crippen LogP contribution in [0, 0.1) is 0 Å². The van der Waals surface area contributed by atoms with Crippen LogP contribution in [0.4, 0.5) is 18.9 Å². The zero-order valence-electron chi connectivity index (χ0n) is 14.4. The molecule has 0 aromatic heterocycles. The Balaban J connectivity index is 1.78. The molecular weight excluding hydrogens is 431 g/mol. The molecule has 2 N–H and O–H groups in total. The summed E-state index contributed by atoms with van der Waals surface area (Å²) in [7, 11) is -4.10. The summed E-state index contributed by atoms with van der Waals surface area (Å²) in [6.45, 7) is 0. The largest absolute Gasteiger partial charge is 0.507 e. The zero-order chi connectivity index (χ0) is 21.2. The summed E-state index contributed by atoms with van der Waals surface area (Å²) in [6.07, 6.45) is -4.75. The molecule has 0 bridgehead atoms. The van der Waals surface area contributed by atoms with E-state index >= 15 is 0 Å². The molecule has 0 heterocycles. The van der Waals surface area contributed by atoms with Gasteiger partial charge in [-0.1, -0.05) is 23.7 Å². The van der Waals surface area contributed by atoms with Crippen molar-refractivity contribution in [2.45, 2.75) is 11.1 Å². The minimum Gasteiger partial charge on any atom is -0.507 e. The minimum absolute atomic E-state index is 0.150. The predicted octanol–water partition coefficient (Wildman–Crippen LogP) is 5.66. The number of rotatable bonds is 5. The Morgan fingerprint density at radius 3 is 2.21 bits per heavy atom. The SMILES string of the molecule is O=S(=O)(Nc1ccc(C(F)(F)F)c(O)c1)c1ccc(Oc2ccccc2Cl)cc1. The lowest BCUT2D eigenvalue weighted by molar-refractivity contribution is -0.138. The van der Waals surface area contributed by atoms with Crippen LogP contribution >= 0.6 is 11.6 Å². The maximum absolute atomic E-state index is 12.7. The molecule has 0 aliphatic heterocycles. The molecule has 10 heteroatoms. The number of halogens is 4. The fraction of sp³-hybridized carbons (Fsp3) is 0.0526. The average Bonchev–Trinajstić information content (AvgIpc) is 2.63. The van der Waals surface area contributed by atoms with Gasteiger partial charge in [0.25, 0.3) is 10.0 Å². The molecular formula is C19H13ClF3NO4S. The number of anilines is 1. The van der Waals surface area contributed by atoms with E-state index in [9.17, 15) is 26.7 Å². The number of hydrogen-bond acceptors (Lipinski definition) is 4. The van der Waals surface area contributed by atoms with E-state index in [-0.39, 0.29) is 10.6 Å². The summed E-state index contributed by atoms with van der Waals surface area (Å²) in [5.74, 6) is -0.353. The first kappa shape index (κ1) is 20.8. The maximum Gasteiger partial charge on any atom is 0.419 e. The fourth-order valence-electron chi connectivity index (χ4n) is 2.39. The first-order chi connectivity index (χ1) is 13.6. The number of ether oxygens (including phenoxy) is 1. The number of sulfonamides is 1. The van der Waals surface area contributed by atoms with Gasteiger partial charge in [-0.05, 0) is 48.5 Å². The summed E-state index contributed by atoms with van der Waals surface area (Å²) >= 11 is 6.00. The molecule has 0 atom stereocenters. The number of nitrogens with one attached hydrogen (secondary N) is 1. The molecule has 5 nitrogen and oxygen atoms in total. The Bertz CT molecular complexity index is 1130. The standard InChI is InChI=1S/C19H13ClF3NO4S/c20-16-3-1-2-4-18(16)28-13-6-8-14(9-7-13)29(26,27)24-12-5-10-15(17(25)11-12)19(21,22)23/h1-11,24-25H. The number of benzene rings is 3. The lowest BCUT2D eigenvalue weighted by atomic mass is 10.2. The highest BCUT2D eigenvalue weighted by atomic mass is 35.5. The molecule has 3 rings (SSSR count). The molecule has 3 aromatic carbocycles. The summed E-state index contributed by atoms with van der Waals surface area (Å²) in [5, 5.41) is 9.89. The van der Waals surface area contributed by atoms with Crippen molar-refractivity contribution in [3.8, 4) is 17.2 Å². The molecule has 0 spiro atoms. The molecule has 29 heavy (non-hydrogen) atoms. The zero-order valence-corrected chi connectivity index (χ0v) is 16.0. The lowest BCUT2D eigenvalue weighted by Crippen LogP contribution is -2.13. The van der Waals surface area contributed by atoms with Gasteiger partial charge in [-0.15, -0.1) is 0 Å². The molecule has 3 aromatic rings. The third-order valence-electron chi connectivity index (χ3n) is 3.75. The smallest absolute Gasteiger partial charge is 0.419 e. The van der Waals surface area contributed by atoms with Crippen molar-refractivity contribution in [1.82, 2.24) is 0 Å². The van der Waals surface area contributed by atoms with Crippen LogP contribution < -0.4 is 9.46 Å². The van der Waals surface area contributed by atoms with Crippen molar-refractivity contribution in [2.24, 2.45) is 0 Å². The van der Waals surface area contributed by atoms with Gasteiger partial charge in [0.05, 0.1) is 21.2 Å². The highest BCUT2D eigenvalue weighted by Gasteiger charge is 2.34. The van der Waals surface area contributed by atoms with Crippen LogP contribution in [0.3, 0.4) is 0 Å². The minimum atomic E-state index is -4.75. The van der Waals surface area contributed by atoms with Crippen molar-refractivity contribution in [2.75, 3.05) is 4.72 Å². The molecule has 0 unspecified atom stereocenters. The van der Waals surface area contributed by atoms with Crippen LogP contribution in [0.2, 0.25) is 5.02 Å². The van der Waals surface area contributed by atoms with E-state index in [2.05, 4.69) is 4.72 Å². The van der Waals surface area contributed by atoms with Gasteiger partial charge in [0, 0.05) is 6.07 Å². The topological polar surface area (TPSA) is 75.6 Å². The van der Waals surface area contributed by atoms with Gasteiger partial charge in [-0.3, -0.25) is 4.72 Å². The summed E-state index contributed by atoms with van der Waals surface area (Å²) in [6, 6.07) is 14.3. The van der Waals surface area contributed by atoms with Gasteiger partial charge in [-0.25, -0.2) is 8.42 Å². The van der Waals surface area contributed by atoms with Crippen LogP contribution in [0.15, 0.2) is 71.6 Å². The second-order valence-corrected chi connectivity index (χ2v) is 7.93. The first-order valence-electron chi connectivity index (χ1n) is 8.02. The second kappa shape index (κ2) is 7.84. The Kier molecular flexibility index (Phi) is 5.63. The van der Waals surface area contributed by atoms with Gasteiger partial charge >= 0.3 is 6.18 Å². The van der Waals surface area contributed by atoms with Crippen molar-refractivity contribution < 1.29 is 31.4 Å². The highest BCUT2D eigenvalue weighted by molar-refractivity contribution is 7.92. The highest BCUT2D eigenvalue weighted by Crippen LogP contribution is 2.37. The van der Waals surface area contributed by atoms with Gasteiger partial charge in [0.1, 0.15) is 17.2 Å². The van der Waals surface area contributed by atoms with Crippen molar-refractivity contribution in [3.05, 3.63) is 77.3 Å². The molecule has 0 fully saturated rings. The van der Waals surface area contributed by atoms with Gasteiger partial charge in [0.15, 0.2) is 0 Å². The number of phenolic OH excluding ortho intramolecular Hbond substituents is 1. The quantitative estimate of drug-likeness (QED) is 0.533. The van der Waals surface area contributed by atoms with Crippen LogP contribution in [0.5, 0.6) is 17.2 Å². The normalized spacial score (nSPS) is 11.9. The van der Waals surface area contributed by atoms with Gasteiger partial charge in [0.2, 0.25) is 0 Å². The number of hydrogen-bond donors (Lipinski definition) is 2. The molecule has 0 aliphatic carbocycles. The Morgan fingerprint density at radius 2 is 1.62 bits per heavy atom. The Morgan fingerprint density at radius 1 is 0.966 bits per heavy atom. The molecule has 0 aliphatic rings. The number of aromatic hydroxyl groups is 1. The summed E-state index contributed by atoms with van der Waals surface area (Å²) in [5.41, 5.74) is -1.48. The second-order valence-electron chi connectivity index (χ2n) is 5.84. The Hall–Kier alpha value is -2.91. The third kappa shape index (κ3) is 4.93. The van der Waals surface area contributed by atoms with Crippen LogP contribution in [0.1, 0.15) is 5.56 Å². The molecule has 0 saturated heterocycles. The summed E-state index contributed by atoms with van der Waals surface area (Å²) in [4.78, 5) is -0.150.